The summed E-state index contributed by atoms with van der Waals surface area (Å²) in [5, 5.41) is 0. The monoisotopic (exact) mass is 332 g/mol. The molecule has 0 aromatic heterocycles. The van der Waals surface area contributed by atoms with Gasteiger partial charge in [0.25, 0.3) is 0 Å². The van der Waals surface area contributed by atoms with E-state index >= 15 is 0 Å². The fourth-order valence-electron chi connectivity index (χ4n) is 3.01. The van der Waals surface area contributed by atoms with Gasteiger partial charge in [-0.05, 0) is 25.5 Å². The topological polar surface area (TPSA) is 71.1 Å². The molecule has 128 valence electrons. The van der Waals surface area contributed by atoms with Gasteiger partial charge in [-0.3, -0.25) is 4.79 Å². The Morgan fingerprint density at radius 1 is 1.12 bits per heavy atom. The van der Waals surface area contributed by atoms with Crippen molar-refractivity contribution in [2.45, 2.75) is 51.0 Å². The molecule has 0 unspecified atom stereocenters. The molecule has 0 bridgehead atoms. The highest BCUT2D eigenvalue weighted by Crippen LogP contribution is 2.41. The minimum Gasteiger partial charge on any atom is -0.454 e. The van der Waals surface area contributed by atoms with Crippen LogP contribution in [0.5, 0.6) is 0 Å². The Bertz CT molecular complexity index is 651. The highest BCUT2D eigenvalue weighted by atomic mass is 16.8. The largest absolute Gasteiger partial charge is 0.454 e. The van der Waals surface area contributed by atoms with Crippen LogP contribution in [0.1, 0.15) is 32.4 Å². The van der Waals surface area contributed by atoms with Gasteiger partial charge >= 0.3 is 11.9 Å². The number of rotatable bonds is 3. The summed E-state index contributed by atoms with van der Waals surface area (Å²) in [6, 6.07) is 9.55. The second-order valence-corrected chi connectivity index (χ2v) is 6.27. The molecule has 24 heavy (non-hydrogen) atoms. The molecule has 0 radical (unpaired) electrons. The molecule has 4 atom stereocenters. The van der Waals surface area contributed by atoms with Crippen molar-refractivity contribution in [1.82, 2.24) is 0 Å². The molecule has 0 amide bonds. The van der Waals surface area contributed by atoms with Crippen molar-refractivity contribution in [3.8, 4) is 0 Å². The van der Waals surface area contributed by atoms with Gasteiger partial charge in [0, 0.05) is 13.0 Å². The number of cyclic esters (lactones) is 1. The number of ether oxygens (including phenoxy) is 4. The lowest BCUT2D eigenvalue weighted by molar-refractivity contribution is -0.184. The Labute approximate surface area is 140 Å². The number of esters is 2. The second kappa shape index (κ2) is 6.37. The van der Waals surface area contributed by atoms with E-state index in [0.29, 0.717) is 0 Å². The van der Waals surface area contributed by atoms with E-state index in [0.717, 1.165) is 5.56 Å². The summed E-state index contributed by atoms with van der Waals surface area (Å²) in [7, 11) is 0. The molecule has 1 saturated heterocycles. The second-order valence-electron chi connectivity index (χ2n) is 6.27. The van der Waals surface area contributed by atoms with E-state index in [4.69, 9.17) is 18.9 Å². The quantitative estimate of drug-likeness (QED) is 0.791. The first-order chi connectivity index (χ1) is 11.4. The van der Waals surface area contributed by atoms with Crippen molar-refractivity contribution < 1.29 is 28.5 Å². The van der Waals surface area contributed by atoms with Crippen molar-refractivity contribution in [3.63, 3.8) is 0 Å². The number of carbonyl (C=O) groups is 2. The number of hydrogen-bond acceptors (Lipinski definition) is 6. The van der Waals surface area contributed by atoms with Crippen LogP contribution in [-0.2, 0) is 28.5 Å². The van der Waals surface area contributed by atoms with Gasteiger partial charge in [-0.15, -0.1) is 0 Å². The third-order valence-corrected chi connectivity index (χ3v) is 3.88. The molecular formula is C18H20O6. The third kappa shape index (κ3) is 3.49. The van der Waals surface area contributed by atoms with Gasteiger partial charge in [0.15, 0.2) is 18.0 Å². The Morgan fingerprint density at radius 2 is 1.83 bits per heavy atom. The van der Waals surface area contributed by atoms with E-state index in [2.05, 4.69) is 0 Å². The van der Waals surface area contributed by atoms with Crippen molar-refractivity contribution in [3.05, 3.63) is 48.0 Å². The first-order valence-electron chi connectivity index (χ1n) is 7.82. The minimum absolute atomic E-state index is 0.441. The van der Waals surface area contributed by atoms with Gasteiger partial charge < -0.3 is 18.9 Å². The van der Waals surface area contributed by atoms with E-state index < -0.39 is 42.1 Å². The lowest BCUT2D eigenvalue weighted by Crippen LogP contribution is -2.46. The van der Waals surface area contributed by atoms with Gasteiger partial charge in [-0.2, -0.15) is 0 Å². The molecule has 0 saturated carbocycles. The molecule has 6 heteroatoms. The standard InChI is InChI=1S/C18H20O6/c1-11(19)21-13-9-10-14(20)22-16(13)17-15(23-18(2,3)24-17)12-7-5-4-6-8-12/h4-10,13,15-17H,1-3H3/t13-,15-,16+,17-/m0/s1. The average Bonchev–Trinajstić information content (AvgIpc) is 2.85. The van der Waals surface area contributed by atoms with Crippen LogP contribution in [0.2, 0.25) is 0 Å². The molecule has 1 fully saturated rings. The molecule has 0 aliphatic carbocycles. The Balaban J connectivity index is 1.92. The zero-order valence-corrected chi connectivity index (χ0v) is 13.8. The first-order valence-corrected chi connectivity index (χ1v) is 7.82. The smallest absolute Gasteiger partial charge is 0.331 e. The SMILES string of the molecule is CC(=O)O[C@H]1C=CC(=O)O[C@H]1[C@H]1OC(C)(C)O[C@H]1c1ccccc1. The van der Waals surface area contributed by atoms with Crippen molar-refractivity contribution >= 4 is 11.9 Å². The van der Waals surface area contributed by atoms with Crippen LogP contribution in [0, 0.1) is 0 Å². The van der Waals surface area contributed by atoms with Crippen LogP contribution in [0.4, 0.5) is 0 Å². The molecular weight excluding hydrogens is 312 g/mol. The van der Waals surface area contributed by atoms with Gasteiger partial charge in [-0.1, -0.05) is 30.3 Å². The summed E-state index contributed by atoms with van der Waals surface area (Å²) >= 11 is 0. The normalized spacial score (nSPS) is 31.5. The van der Waals surface area contributed by atoms with Crippen molar-refractivity contribution in [2.24, 2.45) is 0 Å². The van der Waals surface area contributed by atoms with E-state index in [1.165, 1.54) is 19.1 Å². The predicted molar refractivity (Wildman–Crippen MR) is 83.8 cm³/mol. The van der Waals surface area contributed by atoms with E-state index in [9.17, 15) is 9.59 Å². The molecule has 2 aliphatic rings. The lowest BCUT2D eigenvalue weighted by atomic mass is 9.96. The summed E-state index contributed by atoms with van der Waals surface area (Å²) in [5.74, 6) is -1.80. The van der Waals surface area contributed by atoms with Crippen LogP contribution in [0.25, 0.3) is 0 Å². The van der Waals surface area contributed by atoms with E-state index in [-0.39, 0.29) is 0 Å². The van der Waals surface area contributed by atoms with Gasteiger partial charge in [0.05, 0.1) is 0 Å². The van der Waals surface area contributed by atoms with Crippen LogP contribution < -0.4 is 0 Å². The van der Waals surface area contributed by atoms with Crippen LogP contribution in [0.15, 0.2) is 42.5 Å². The predicted octanol–water partition coefficient (Wildman–Crippen LogP) is 2.29. The number of carbonyl (C=O) groups excluding carboxylic acids is 2. The maximum Gasteiger partial charge on any atom is 0.331 e. The van der Waals surface area contributed by atoms with Gasteiger partial charge in [0.2, 0.25) is 0 Å². The Morgan fingerprint density at radius 3 is 2.50 bits per heavy atom. The number of benzene rings is 1. The van der Waals surface area contributed by atoms with Gasteiger partial charge in [0.1, 0.15) is 12.2 Å². The summed E-state index contributed by atoms with van der Waals surface area (Å²) in [4.78, 5) is 23.1. The lowest BCUT2D eigenvalue weighted by Gasteiger charge is -2.32. The zero-order chi connectivity index (χ0) is 17.3. The summed E-state index contributed by atoms with van der Waals surface area (Å²) in [6.07, 6.45) is 0.244. The molecule has 0 spiro atoms. The molecule has 2 heterocycles. The molecule has 0 N–H and O–H groups in total. The minimum atomic E-state index is -0.848. The molecule has 2 aliphatic heterocycles. The highest BCUT2D eigenvalue weighted by Gasteiger charge is 2.50. The average molecular weight is 332 g/mol. The van der Waals surface area contributed by atoms with Crippen LogP contribution in [-0.4, -0.2) is 36.0 Å². The summed E-state index contributed by atoms with van der Waals surface area (Å²) in [5.41, 5.74) is 0.903. The highest BCUT2D eigenvalue weighted by molar-refractivity contribution is 5.83. The molecule has 6 nitrogen and oxygen atoms in total. The van der Waals surface area contributed by atoms with Gasteiger partial charge in [-0.25, -0.2) is 4.79 Å². The van der Waals surface area contributed by atoms with E-state index in [1.807, 2.05) is 30.3 Å². The molecule has 1 aromatic carbocycles. The fraction of sp³-hybridized carbons (Fsp3) is 0.444. The summed E-state index contributed by atoms with van der Waals surface area (Å²) < 4.78 is 22.7. The van der Waals surface area contributed by atoms with E-state index in [1.54, 1.807) is 13.8 Å². The van der Waals surface area contributed by atoms with Crippen LogP contribution in [0.3, 0.4) is 0 Å². The first kappa shape index (κ1) is 16.7. The van der Waals surface area contributed by atoms with Crippen molar-refractivity contribution in [2.75, 3.05) is 0 Å². The summed E-state index contributed by atoms with van der Waals surface area (Å²) in [6.45, 7) is 4.90. The Hall–Kier alpha value is -2.18. The fourth-order valence-corrected chi connectivity index (χ4v) is 3.01. The zero-order valence-electron chi connectivity index (χ0n) is 13.8. The maximum absolute atomic E-state index is 11.7. The molecule has 3 rings (SSSR count). The van der Waals surface area contributed by atoms with Crippen molar-refractivity contribution in [1.29, 1.82) is 0 Å². The number of hydrogen-bond donors (Lipinski definition) is 0. The maximum atomic E-state index is 11.7. The molecule has 1 aromatic rings. The van der Waals surface area contributed by atoms with Crippen LogP contribution >= 0.6 is 0 Å². The third-order valence-electron chi connectivity index (χ3n) is 3.88. The Kier molecular flexibility index (Phi) is 4.43.